The van der Waals surface area contributed by atoms with E-state index in [2.05, 4.69) is 40.1 Å². The third-order valence-corrected chi connectivity index (χ3v) is 4.13. The second-order valence-corrected chi connectivity index (χ2v) is 5.56. The van der Waals surface area contributed by atoms with Gasteiger partial charge in [0.1, 0.15) is 0 Å². The van der Waals surface area contributed by atoms with Gasteiger partial charge >= 0.3 is 0 Å². The zero-order valence-corrected chi connectivity index (χ0v) is 12.2. The number of nitrogens with zero attached hydrogens (tertiary/aromatic N) is 2. The summed E-state index contributed by atoms with van der Waals surface area (Å²) in [5, 5.41) is 9.04. The Morgan fingerprint density at radius 2 is 1.75 bits per heavy atom. The molecule has 112 valence electrons. The monoisotopic (exact) mass is 277 g/mol. The van der Waals surface area contributed by atoms with E-state index in [0.29, 0.717) is 12.5 Å². The molecule has 2 rings (SSSR count). The van der Waals surface area contributed by atoms with Crippen LogP contribution in [0.1, 0.15) is 17.9 Å². The maximum Gasteiger partial charge on any atom is 0.0558 e. The first-order valence-electron chi connectivity index (χ1n) is 7.64. The van der Waals surface area contributed by atoms with Crippen LogP contribution in [0.2, 0.25) is 0 Å². The Balaban J connectivity index is 1.88. The third kappa shape index (κ3) is 4.56. The van der Waals surface area contributed by atoms with Crippen molar-refractivity contribution in [1.82, 2.24) is 9.80 Å². The molecule has 1 unspecified atom stereocenters. The first-order valence-corrected chi connectivity index (χ1v) is 7.64. The SMILES string of the molecule is NCC(CN1CCCN(CCO)CC1)c1ccccc1. The smallest absolute Gasteiger partial charge is 0.0558 e. The quantitative estimate of drug-likeness (QED) is 0.805. The Morgan fingerprint density at radius 3 is 2.45 bits per heavy atom. The minimum Gasteiger partial charge on any atom is -0.395 e. The predicted molar refractivity (Wildman–Crippen MR) is 82.8 cm³/mol. The van der Waals surface area contributed by atoms with Crippen LogP contribution in [0.25, 0.3) is 0 Å². The fourth-order valence-corrected chi connectivity index (χ4v) is 2.92. The molecule has 0 bridgehead atoms. The maximum absolute atomic E-state index is 9.04. The van der Waals surface area contributed by atoms with Gasteiger partial charge in [-0.25, -0.2) is 0 Å². The summed E-state index contributed by atoms with van der Waals surface area (Å²) in [7, 11) is 0. The molecule has 0 spiro atoms. The second-order valence-electron chi connectivity index (χ2n) is 5.56. The normalized spacial score (nSPS) is 19.7. The minimum atomic E-state index is 0.259. The third-order valence-electron chi connectivity index (χ3n) is 4.13. The van der Waals surface area contributed by atoms with E-state index in [-0.39, 0.29) is 6.61 Å². The van der Waals surface area contributed by atoms with Gasteiger partial charge in [0, 0.05) is 38.6 Å². The van der Waals surface area contributed by atoms with Gasteiger partial charge in [-0.2, -0.15) is 0 Å². The number of hydrogen-bond donors (Lipinski definition) is 2. The lowest BCUT2D eigenvalue weighted by Crippen LogP contribution is -2.35. The van der Waals surface area contributed by atoms with Crippen molar-refractivity contribution >= 4 is 0 Å². The topological polar surface area (TPSA) is 52.7 Å². The Morgan fingerprint density at radius 1 is 1.05 bits per heavy atom. The number of β-amino-alcohol motifs (C(OH)–C–C–N with tert-alkyl or cyclic N) is 1. The summed E-state index contributed by atoms with van der Waals surface area (Å²) in [4.78, 5) is 4.86. The lowest BCUT2D eigenvalue weighted by atomic mass is 9.98. The molecule has 3 N–H and O–H groups in total. The molecule has 0 aromatic heterocycles. The molecule has 20 heavy (non-hydrogen) atoms. The Bertz CT molecular complexity index is 371. The van der Waals surface area contributed by atoms with E-state index in [1.807, 2.05) is 0 Å². The molecular formula is C16H27N3O. The van der Waals surface area contributed by atoms with E-state index >= 15 is 0 Å². The van der Waals surface area contributed by atoms with Crippen LogP contribution in [0.5, 0.6) is 0 Å². The summed E-state index contributed by atoms with van der Waals surface area (Å²) in [5.74, 6) is 0.417. The molecule has 1 aliphatic heterocycles. The van der Waals surface area contributed by atoms with Gasteiger partial charge in [-0.3, -0.25) is 4.90 Å². The average Bonchev–Trinajstić information content (AvgIpc) is 2.71. The van der Waals surface area contributed by atoms with Gasteiger partial charge in [0.05, 0.1) is 6.61 Å². The van der Waals surface area contributed by atoms with Crippen LogP contribution in [0, 0.1) is 0 Å². The number of benzene rings is 1. The van der Waals surface area contributed by atoms with Crippen LogP contribution in [0.4, 0.5) is 0 Å². The van der Waals surface area contributed by atoms with Crippen molar-refractivity contribution in [2.45, 2.75) is 12.3 Å². The molecule has 4 heteroatoms. The highest BCUT2D eigenvalue weighted by molar-refractivity contribution is 5.20. The average molecular weight is 277 g/mol. The number of hydrogen-bond acceptors (Lipinski definition) is 4. The van der Waals surface area contributed by atoms with E-state index in [0.717, 1.165) is 39.3 Å². The molecule has 1 aromatic rings. The molecule has 1 fully saturated rings. The van der Waals surface area contributed by atoms with E-state index in [9.17, 15) is 0 Å². The van der Waals surface area contributed by atoms with Crippen molar-refractivity contribution in [3.05, 3.63) is 35.9 Å². The molecule has 0 aliphatic carbocycles. The Kier molecular flexibility index (Phi) is 6.47. The summed E-state index contributed by atoms with van der Waals surface area (Å²) in [6.07, 6.45) is 1.17. The van der Waals surface area contributed by atoms with Crippen molar-refractivity contribution in [3.8, 4) is 0 Å². The van der Waals surface area contributed by atoms with Gasteiger partial charge in [0.25, 0.3) is 0 Å². The van der Waals surface area contributed by atoms with E-state index < -0.39 is 0 Å². The molecule has 1 atom stereocenters. The van der Waals surface area contributed by atoms with Crippen molar-refractivity contribution in [2.24, 2.45) is 5.73 Å². The Labute approximate surface area is 122 Å². The molecule has 0 amide bonds. The molecular weight excluding hydrogens is 250 g/mol. The van der Waals surface area contributed by atoms with Crippen molar-refractivity contribution in [2.75, 3.05) is 52.4 Å². The van der Waals surface area contributed by atoms with E-state index in [4.69, 9.17) is 10.8 Å². The van der Waals surface area contributed by atoms with Crippen LogP contribution < -0.4 is 5.73 Å². The maximum atomic E-state index is 9.04. The van der Waals surface area contributed by atoms with Gasteiger partial charge < -0.3 is 15.7 Å². The summed E-state index contributed by atoms with van der Waals surface area (Å²) < 4.78 is 0. The number of aliphatic hydroxyl groups is 1. The zero-order valence-electron chi connectivity index (χ0n) is 12.2. The van der Waals surface area contributed by atoms with Crippen LogP contribution >= 0.6 is 0 Å². The first-order chi connectivity index (χ1) is 9.83. The number of rotatable bonds is 6. The lowest BCUT2D eigenvalue weighted by Gasteiger charge is -2.26. The van der Waals surface area contributed by atoms with Crippen LogP contribution in [-0.2, 0) is 0 Å². The lowest BCUT2D eigenvalue weighted by molar-refractivity contribution is 0.195. The number of nitrogens with two attached hydrogens (primary N) is 1. The fraction of sp³-hybridized carbons (Fsp3) is 0.625. The molecule has 1 aromatic carbocycles. The zero-order chi connectivity index (χ0) is 14.2. The molecule has 1 aliphatic rings. The predicted octanol–water partition coefficient (Wildman–Crippen LogP) is 0.729. The van der Waals surface area contributed by atoms with Gasteiger partial charge in [-0.1, -0.05) is 30.3 Å². The molecule has 0 radical (unpaired) electrons. The highest BCUT2D eigenvalue weighted by atomic mass is 16.3. The minimum absolute atomic E-state index is 0.259. The van der Waals surface area contributed by atoms with Crippen molar-refractivity contribution < 1.29 is 5.11 Å². The standard InChI is InChI=1S/C16H27N3O/c17-13-16(15-5-2-1-3-6-15)14-19-8-4-7-18(9-10-19)11-12-20/h1-3,5-6,16,20H,4,7-14,17H2. The number of aliphatic hydroxyl groups excluding tert-OH is 1. The first kappa shape index (κ1) is 15.4. The van der Waals surface area contributed by atoms with E-state index in [1.165, 1.54) is 12.0 Å². The molecule has 0 saturated carbocycles. The molecule has 4 nitrogen and oxygen atoms in total. The molecule has 1 saturated heterocycles. The van der Waals surface area contributed by atoms with Gasteiger partial charge in [0.15, 0.2) is 0 Å². The summed E-state index contributed by atoms with van der Waals surface area (Å²) in [6, 6.07) is 10.6. The highest BCUT2D eigenvalue weighted by Gasteiger charge is 2.18. The molecule has 1 heterocycles. The Hall–Kier alpha value is -0.940. The summed E-state index contributed by atoms with van der Waals surface area (Å²) >= 11 is 0. The van der Waals surface area contributed by atoms with Gasteiger partial charge in [0.2, 0.25) is 0 Å². The van der Waals surface area contributed by atoms with Crippen molar-refractivity contribution in [1.29, 1.82) is 0 Å². The van der Waals surface area contributed by atoms with Crippen molar-refractivity contribution in [3.63, 3.8) is 0 Å². The second kappa shape index (κ2) is 8.37. The highest BCUT2D eigenvalue weighted by Crippen LogP contribution is 2.16. The summed E-state index contributed by atoms with van der Waals surface area (Å²) in [5.41, 5.74) is 7.31. The summed E-state index contributed by atoms with van der Waals surface area (Å²) in [6.45, 7) is 7.13. The van der Waals surface area contributed by atoms with Crippen LogP contribution in [0.15, 0.2) is 30.3 Å². The van der Waals surface area contributed by atoms with Crippen LogP contribution in [0.3, 0.4) is 0 Å². The van der Waals surface area contributed by atoms with Crippen LogP contribution in [-0.4, -0.2) is 67.3 Å². The largest absolute Gasteiger partial charge is 0.395 e. The van der Waals surface area contributed by atoms with E-state index in [1.54, 1.807) is 0 Å². The van der Waals surface area contributed by atoms with Gasteiger partial charge in [-0.05, 0) is 25.1 Å². The van der Waals surface area contributed by atoms with Gasteiger partial charge in [-0.15, -0.1) is 0 Å². The fourth-order valence-electron chi connectivity index (χ4n) is 2.92.